The smallest absolute Gasteiger partial charge is 0.296 e. The van der Waals surface area contributed by atoms with Gasteiger partial charge in [-0.3, -0.25) is 0 Å². The second-order valence-corrected chi connectivity index (χ2v) is 6.42. The number of hydrogen-bond donors (Lipinski definition) is 1. The molecule has 2 aromatic heterocycles. The number of aryl methyl sites for hydroxylation is 1. The summed E-state index contributed by atoms with van der Waals surface area (Å²) in [4.78, 5) is 8.83. The Morgan fingerprint density at radius 3 is 2.57 bits per heavy atom. The molecular weight excluding hydrogens is 316 g/mol. The number of nitrogens with zero attached hydrogens (tertiary/aromatic N) is 2. The number of rotatable bonds is 3. The fourth-order valence-corrected chi connectivity index (χ4v) is 3.30. The van der Waals surface area contributed by atoms with Gasteiger partial charge in [0.2, 0.25) is 0 Å². The lowest BCUT2D eigenvalue weighted by molar-refractivity contribution is 0.0173. The molecule has 0 spiro atoms. The maximum atomic E-state index is 13.7. The highest BCUT2D eigenvalue weighted by molar-refractivity contribution is 7.15. The molecule has 0 atom stereocenters. The summed E-state index contributed by atoms with van der Waals surface area (Å²) in [5.74, 6) is -2.64. The third kappa shape index (κ3) is 3.22. The Bertz CT molecular complexity index is 790. The predicted octanol–water partition coefficient (Wildman–Crippen LogP) is 4.87. The summed E-state index contributed by atoms with van der Waals surface area (Å²) in [6.07, 6.45) is 1.56. The van der Waals surface area contributed by atoms with Crippen LogP contribution in [0.5, 0.6) is 0 Å². The Morgan fingerprint density at radius 2 is 1.91 bits per heavy atom. The van der Waals surface area contributed by atoms with Crippen LogP contribution in [0.15, 0.2) is 42.6 Å². The van der Waals surface area contributed by atoms with E-state index in [0.717, 1.165) is 35.0 Å². The Balaban J connectivity index is 2.23. The first kappa shape index (κ1) is 15.6. The highest BCUT2D eigenvalue weighted by Crippen LogP contribution is 2.42. The van der Waals surface area contributed by atoms with Crippen molar-refractivity contribution in [3.05, 3.63) is 53.2 Å². The largest absolute Gasteiger partial charge is 0.384 e. The number of nitrogens with two attached hydrogens (primary N) is 1. The number of benzene rings is 1. The van der Waals surface area contributed by atoms with Crippen LogP contribution < -0.4 is 5.73 Å². The lowest BCUT2D eigenvalue weighted by Crippen LogP contribution is -2.05. The zero-order valence-corrected chi connectivity index (χ0v) is 13.5. The van der Waals surface area contributed by atoms with E-state index in [-0.39, 0.29) is 5.01 Å². The molecule has 3 nitrogen and oxygen atoms in total. The van der Waals surface area contributed by atoms with E-state index in [2.05, 4.69) is 9.97 Å². The number of anilines is 1. The molecule has 6 heteroatoms. The second kappa shape index (κ2) is 5.70. The van der Waals surface area contributed by atoms with Crippen LogP contribution in [0.25, 0.3) is 21.7 Å². The van der Waals surface area contributed by atoms with Gasteiger partial charge in [0.15, 0.2) is 5.01 Å². The van der Waals surface area contributed by atoms with Gasteiger partial charge < -0.3 is 5.73 Å². The van der Waals surface area contributed by atoms with Gasteiger partial charge in [0, 0.05) is 18.7 Å². The van der Waals surface area contributed by atoms with E-state index in [9.17, 15) is 8.78 Å². The van der Waals surface area contributed by atoms with Crippen molar-refractivity contribution in [1.29, 1.82) is 0 Å². The van der Waals surface area contributed by atoms with Gasteiger partial charge in [-0.2, -0.15) is 8.78 Å². The molecule has 2 N–H and O–H groups in total. The van der Waals surface area contributed by atoms with Gasteiger partial charge in [0.1, 0.15) is 5.82 Å². The molecule has 0 fully saturated rings. The first-order valence-electron chi connectivity index (χ1n) is 7.02. The summed E-state index contributed by atoms with van der Waals surface area (Å²) in [5, 5.41) is -0.209. The van der Waals surface area contributed by atoms with Gasteiger partial charge in [-0.1, -0.05) is 23.8 Å². The Morgan fingerprint density at radius 1 is 1.13 bits per heavy atom. The zero-order chi connectivity index (χ0) is 16.6. The molecule has 0 saturated heterocycles. The predicted molar refractivity (Wildman–Crippen MR) is 89.5 cm³/mol. The van der Waals surface area contributed by atoms with E-state index < -0.39 is 5.92 Å². The van der Waals surface area contributed by atoms with Crippen molar-refractivity contribution in [1.82, 2.24) is 9.97 Å². The third-order valence-electron chi connectivity index (χ3n) is 3.34. The molecule has 23 heavy (non-hydrogen) atoms. The van der Waals surface area contributed by atoms with E-state index in [1.165, 1.54) is 0 Å². The van der Waals surface area contributed by atoms with Crippen molar-refractivity contribution < 1.29 is 8.78 Å². The molecule has 0 aliphatic rings. The van der Waals surface area contributed by atoms with Crippen molar-refractivity contribution >= 4 is 17.2 Å². The minimum Gasteiger partial charge on any atom is -0.384 e. The summed E-state index contributed by atoms with van der Waals surface area (Å²) >= 11 is 0.984. The molecule has 1 aromatic carbocycles. The lowest BCUT2D eigenvalue weighted by atomic mass is 10.1. The van der Waals surface area contributed by atoms with Gasteiger partial charge in [0.05, 0.1) is 10.6 Å². The summed E-state index contributed by atoms with van der Waals surface area (Å²) in [7, 11) is 0. The van der Waals surface area contributed by atoms with E-state index in [4.69, 9.17) is 5.73 Å². The fraction of sp³-hybridized carbons (Fsp3) is 0.176. The topological polar surface area (TPSA) is 51.8 Å². The van der Waals surface area contributed by atoms with Gasteiger partial charge in [0.25, 0.3) is 5.92 Å². The normalized spacial score (nSPS) is 11.7. The maximum Gasteiger partial charge on any atom is 0.296 e. The summed E-state index contributed by atoms with van der Waals surface area (Å²) in [5.41, 5.74) is 8.86. The van der Waals surface area contributed by atoms with Crippen LogP contribution in [0.1, 0.15) is 17.5 Å². The number of hydrogen-bond acceptors (Lipinski definition) is 4. The molecular formula is C17H15F2N3S. The zero-order valence-electron chi connectivity index (χ0n) is 12.7. The lowest BCUT2D eigenvalue weighted by Gasteiger charge is -2.04. The van der Waals surface area contributed by atoms with E-state index in [1.54, 1.807) is 18.3 Å². The van der Waals surface area contributed by atoms with E-state index >= 15 is 0 Å². The molecule has 0 aliphatic heterocycles. The number of aromatic nitrogens is 2. The molecule has 0 bridgehead atoms. The minimum atomic E-state index is -2.99. The molecule has 3 rings (SSSR count). The number of pyridine rings is 1. The van der Waals surface area contributed by atoms with Crippen molar-refractivity contribution in [2.24, 2.45) is 0 Å². The fourth-order valence-electron chi connectivity index (χ4n) is 2.28. The van der Waals surface area contributed by atoms with Gasteiger partial charge >= 0.3 is 0 Å². The number of halogens is 2. The van der Waals surface area contributed by atoms with Gasteiger partial charge in [-0.25, -0.2) is 9.97 Å². The van der Waals surface area contributed by atoms with Crippen molar-refractivity contribution in [3.8, 4) is 21.7 Å². The molecule has 0 unspecified atom stereocenters. The molecule has 2 heterocycles. The van der Waals surface area contributed by atoms with E-state index in [1.807, 2.05) is 31.2 Å². The summed E-state index contributed by atoms with van der Waals surface area (Å²) in [6.45, 7) is 2.81. The van der Waals surface area contributed by atoms with Crippen LogP contribution in [-0.2, 0) is 5.92 Å². The van der Waals surface area contributed by atoms with Crippen LogP contribution in [-0.4, -0.2) is 9.97 Å². The first-order chi connectivity index (χ1) is 10.8. The van der Waals surface area contributed by atoms with Crippen molar-refractivity contribution in [3.63, 3.8) is 0 Å². The van der Waals surface area contributed by atoms with Crippen LogP contribution in [0.2, 0.25) is 0 Å². The molecule has 0 radical (unpaired) electrons. The molecule has 118 valence electrons. The van der Waals surface area contributed by atoms with Crippen molar-refractivity contribution in [2.75, 3.05) is 5.73 Å². The monoisotopic (exact) mass is 331 g/mol. The number of alkyl halides is 2. The molecule has 0 saturated carbocycles. The van der Waals surface area contributed by atoms with Crippen LogP contribution in [0, 0.1) is 6.92 Å². The Hall–Kier alpha value is -2.34. The SMILES string of the molecule is Cc1cccc(-c2nc(C(C)(F)F)sc2-c2ccnc(N)c2)c1. The van der Waals surface area contributed by atoms with Gasteiger partial charge in [-0.05, 0) is 30.7 Å². The van der Waals surface area contributed by atoms with Crippen LogP contribution in [0.3, 0.4) is 0 Å². The molecule has 0 aliphatic carbocycles. The average Bonchev–Trinajstić information content (AvgIpc) is 2.92. The number of thiazole rings is 1. The van der Waals surface area contributed by atoms with Gasteiger partial charge in [-0.15, -0.1) is 11.3 Å². The highest BCUT2D eigenvalue weighted by atomic mass is 32.1. The second-order valence-electron chi connectivity index (χ2n) is 5.42. The highest BCUT2D eigenvalue weighted by Gasteiger charge is 2.31. The summed E-state index contributed by atoms with van der Waals surface area (Å²) < 4.78 is 27.5. The Kier molecular flexibility index (Phi) is 3.85. The summed E-state index contributed by atoms with van der Waals surface area (Å²) in [6, 6.07) is 11.1. The van der Waals surface area contributed by atoms with Crippen LogP contribution >= 0.6 is 11.3 Å². The first-order valence-corrected chi connectivity index (χ1v) is 7.84. The standard InChI is InChI=1S/C17H15F2N3S/c1-10-4-3-5-11(8-10)14-15(12-6-7-21-13(20)9-12)23-16(22-14)17(2,18)19/h3-9H,1-2H3,(H2,20,21). The maximum absolute atomic E-state index is 13.7. The van der Waals surface area contributed by atoms with Crippen LogP contribution in [0.4, 0.5) is 14.6 Å². The Labute approximate surface area is 136 Å². The number of nitrogen functional groups attached to an aromatic ring is 1. The third-order valence-corrected chi connectivity index (χ3v) is 4.61. The van der Waals surface area contributed by atoms with E-state index in [0.29, 0.717) is 16.4 Å². The molecule has 0 amide bonds. The van der Waals surface area contributed by atoms with Crippen molar-refractivity contribution in [2.45, 2.75) is 19.8 Å². The average molecular weight is 331 g/mol. The molecule has 3 aromatic rings. The minimum absolute atomic E-state index is 0.209. The quantitative estimate of drug-likeness (QED) is 0.744.